The summed E-state index contributed by atoms with van der Waals surface area (Å²) in [5, 5.41) is 9.44. The van der Waals surface area contributed by atoms with E-state index in [1.165, 1.54) is 11.8 Å². The lowest BCUT2D eigenvalue weighted by Crippen LogP contribution is -2.05. The summed E-state index contributed by atoms with van der Waals surface area (Å²) in [6.45, 7) is 1.87. The number of carboxylic acids is 1. The number of carboxylic acid groups (broad SMARTS) is 1. The molecule has 82 valence electrons. The van der Waals surface area contributed by atoms with Crippen molar-refractivity contribution in [1.82, 2.24) is 4.98 Å². The van der Waals surface area contributed by atoms with Crippen LogP contribution < -0.4 is 0 Å². The van der Waals surface area contributed by atoms with E-state index in [4.69, 9.17) is 5.11 Å². The maximum Gasteiger partial charge on any atom is 0.304 e. The van der Waals surface area contributed by atoms with E-state index < -0.39 is 5.97 Å². The molecule has 0 spiro atoms. The van der Waals surface area contributed by atoms with Gasteiger partial charge in [0.2, 0.25) is 0 Å². The van der Waals surface area contributed by atoms with Crippen molar-refractivity contribution >= 4 is 49.6 Å². The summed E-state index contributed by atoms with van der Waals surface area (Å²) in [5.74, 6) is -0.789. The third-order valence-electron chi connectivity index (χ3n) is 1.55. The summed E-state index contributed by atoms with van der Waals surface area (Å²) in [4.78, 5) is 14.7. The van der Waals surface area contributed by atoms with Gasteiger partial charge in [0, 0.05) is 15.9 Å². The highest BCUT2D eigenvalue weighted by Crippen LogP contribution is 2.31. The molecule has 0 aliphatic rings. The molecule has 0 saturated heterocycles. The van der Waals surface area contributed by atoms with Crippen LogP contribution in [0.3, 0.4) is 0 Å². The Kier molecular flexibility index (Phi) is 5.08. The van der Waals surface area contributed by atoms with E-state index in [1.807, 2.05) is 13.0 Å². The van der Waals surface area contributed by atoms with Crippen molar-refractivity contribution < 1.29 is 9.90 Å². The predicted octanol–water partition coefficient (Wildman–Crippen LogP) is 3.56. The van der Waals surface area contributed by atoms with Crippen LogP contribution in [0.4, 0.5) is 0 Å². The van der Waals surface area contributed by atoms with Crippen molar-refractivity contribution in [3.8, 4) is 0 Å². The fourth-order valence-electron chi connectivity index (χ4n) is 0.967. The molecule has 3 nitrogen and oxygen atoms in total. The van der Waals surface area contributed by atoms with Crippen LogP contribution in [-0.4, -0.2) is 21.3 Å². The van der Waals surface area contributed by atoms with Gasteiger partial charge in [0.25, 0.3) is 0 Å². The Morgan fingerprint density at radius 2 is 2.33 bits per heavy atom. The molecule has 1 N–H and O–H groups in total. The highest BCUT2D eigenvalue weighted by Gasteiger charge is 2.12. The number of nitrogens with zero attached hydrogens (tertiary/aromatic N) is 1. The Bertz CT molecular complexity index is 373. The lowest BCUT2D eigenvalue weighted by Gasteiger charge is -2.08. The van der Waals surface area contributed by atoms with Crippen LogP contribution in [0.5, 0.6) is 0 Å². The molecule has 6 heteroatoms. The Labute approximate surface area is 109 Å². The highest BCUT2D eigenvalue weighted by molar-refractivity contribution is 9.11. The van der Waals surface area contributed by atoms with Gasteiger partial charge in [0.15, 0.2) is 0 Å². The summed E-state index contributed by atoms with van der Waals surface area (Å²) in [6, 6.07) is 1.89. The number of halogens is 2. The standard InChI is InChI=1S/C9H9Br2NO2S/c1-5(2-8(13)14)15-9-7(11)3-6(10)4-12-9/h3-5H,2H2,1H3,(H,13,14). The minimum Gasteiger partial charge on any atom is -0.481 e. The molecule has 0 amide bonds. The quantitative estimate of drug-likeness (QED) is 0.840. The summed E-state index contributed by atoms with van der Waals surface area (Å²) in [7, 11) is 0. The zero-order valence-electron chi connectivity index (χ0n) is 7.91. The predicted molar refractivity (Wildman–Crippen MR) is 67.2 cm³/mol. The maximum atomic E-state index is 10.5. The molecule has 1 rings (SSSR count). The molecule has 1 unspecified atom stereocenters. The van der Waals surface area contributed by atoms with E-state index in [0.717, 1.165) is 14.0 Å². The lowest BCUT2D eigenvalue weighted by molar-refractivity contribution is -0.136. The first-order valence-corrected chi connectivity index (χ1v) is 6.65. The highest BCUT2D eigenvalue weighted by atomic mass is 79.9. The first-order chi connectivity index (χ1) is 6.99. The zero-order valence-corrected chi connectivity index (χ0v) is 11.9. The first kappa shape index (κ1) is 13.0. The second-order valence-corrected chi connectivity index (χ2v) is 6.16. The molecule has 1 heterocycles. The van der Waals surface area contributed by atoms with Crippen molar-refractivity contribution in [3.63, 3.8) is 0 Å². The Morgan fingerprint density at radius 3 is 2.87 bits per heavy atom. The number of rotatable bonds is 4. The van der Waals surface area contributed by atoms with Crippen LogP contribution in [0.2, 0.25) is 0 Å². The number of thioether (sulfide) groups is 1. The van der Waals surface area contributed by atoms with E-state index in [-0.39, 0.29) is 11.7 Å². The SMILES string of the molecule is CC(CC(=O)O)Sc1ncc(Br)cc1Br. The minimum atomic E-state index is -0.789. The van der Waals surface area contributed by atoms with Gasteiger partial charge in [-0.2, -0.15) is 0 Å². The largest absolute Gasteiger partial charge is 0.481 e. The number of pyridine rings is 1. The molecule has 1 atom stereocenters. The fourth-order valence-corrected chi connectivity index (χ4v) is 3.13. The molecule has 0 saturated carbocycles. The van der Waals surface area contributed by atoms with Crippen molar-refractivity contribution in [2.24, 2.45) is 0 Å². The van der Waals surface area contributed by atoms with Crippen LogP contribution in [0.15, 0.2) is 26.2 Å². The third kappa shape index (κ3) is 4.53. The third-order valence-corrected chi connectivity index (χ3v) is 3.97. The van der Waals surface area contributed by atoms with E-state index in [9.17, 15) is 4.79 Å². The van der Waals surface area contributed by atoms with E-state index in [1.54, 1.807) is 6.20 Å². The van der Waals surface area contributed by atoms with Gasteiger partial charge in [-0.05, 0) is 37.9 Å². The van der Waals surface area contributed by atoms with Crippen LogP contribution in [0.1, 0.15) is 13.3 Å². The number of aliphatic carboxylic acids is 1. The molecule has 0 radical (unpaired) electrons. The molecule has 0 aromatic carbocycles. The fraction of sp³-hybridized carbons (Fsp3) is 0.333. The molecule has 0 aliphatic heterocycles. The van der Waals surface area contributed by atoms with E-state index >= 15 is 0 Å². The van der Waals surface area contributed by atoms with Gasteiger partial charge in [-0.15, -0.1) is 11.8 Å². The Hall–Kier alpha value is -0.0700. The smallest absolute Gasteiger partial charge is 0.304 e. The normalized spacial score (nSPS) is 12.5. The number of hydrogen-bond donors (Lipinski definition) is 1. The molecule has 1 aromatic heterocycles. The summed E-state index contributed by atoms with van der Waals surface area (Å²) in [5.41, 5.74) is 0. The summed E-state index contributed by atoms with van der Waals surface area (Å²) < 4.78 is 1.77. The Morgan fingerprint density at radius 1 is 1.67 bits per heavy atom. The van der Waals surface area contributed by atoms with Gasteiger partial charge in [-0.3, -0.25) is 4.79 Å². The zero-order chi connectivity index (χ0) is 11.4. The average molecular weight is 355 g/mol. The molecule has 1 aromatic rings. The van der Waals surface area contributed by atoms with Gasteiger partial charge >= 0.3 is 5.97 Å². The molecule has 0 fully saturated rings. The molecule has 15 heavy (non-hydrogen) atoms. The molecule has 0 bridgehead atoms. The minimum absolute atomic E-state index is 0.00692. The number of carbonyl (C=O) groups is 1. The van der Waals surface area contributed by atoms with Crippen LogP contribution in [0, 0.1) is 0 Å². The second-order valence-electron chi connectivity index (χ2n) is 2.97. The van der Waals surface area contributed by atoms with Crippen molar-refractivity contribution in [2.45, 2.75) is 23.6 Å². The second kappa shape index (κ2) is 5.86. The lowest BCUT2D eigenvalue weighted by atomic mass is 10.3. The maximum absolute atomic E-state index is 10.5. The first-order valence-electron chi connectivity index (χ1n) is 4.18. The van der Waals surface area contributed by atoms with Crippen molar-refractivity contribution in [2.75, 3.05) is 0 Å². The van der Waals surface area contributed by atoms with Gasteiger partial charge in [-0.1, -0.05) is 6.92 Å². The Balaban J connectivity index is 2.68. The van der Waals surface area contributed by atoms with Gasteiger partial charge < -0.3 is 5.11 Å². The van der Waals surface area contributed by atoms with E-state index in [2.05, 4.69) is 36.8 Å². The van der Waals surface area contributed by atoms with Gasteiger partial charge in [0.1, 0.15) is 5.03 Å². The number of aromatic nitrogens is 1. The topological polar surface area (TPSA) is 50.2 Å². The van der Waals surface area contributed by atoms with Crippen molar-refractivity contribution in [1.29, 1.82) is 0 Å². The molecule has 0 aliphatic carbocycles. The number of hydrogen-bond acceptors (Lipinski definition) is 3. The average Bonchev–Trinajstić information content (AvgIpc) is 2.08. The van der Waals surface area contributed by atoms with Crippen LogP contribution >= 0.6 is 43.6 Å². The monoisotopic (exact) mass is 353 g/mol. The summed E-state index contributed by atoms with van der Waals surface area (Å²) >= 11 is 8.14. The van der Waals surface area contributed by atoms with Crippen molar-refractivity contribution in [3.05, 3.63) is 21.2 Å². The van der Waals surface area contributed by atoms with E-state index in [0.29, 0.717) is 0 Å². The van der Waals surface area contributed by atoms with Crippen LogP contribution in [-0.2, 0) is 4.79 Å². The van der Waals surface area contributed by atoms with Gasteiger partial charge in [0.05, 0.1) is 10.9 Å². The molecular formula is C9H9Br2NO2S. The molecular weight excluding hydrogens is 346 g/mol. The summed E-state index contributed by atoms with van der Waals surface area (Å²) in [6.07, 6.45) is 1.83. The van der Waals surface area contributed by atoms with Crippen LogP contribution in [0.25, 0.3) is 0 Å². The van der Waals surface area contributed by atoms with Gasteiger partial charge in [-0.25, -0.2) is 4.98 Å².